The van der Waals surface area contributed by atoms with Crippen LogP contribution in [-0.4, -0.2) is 139 Å². The zero-order valence-electron chi connectivity index (χ0n) is 39.8. The predicted molar refractivity (Wildman–Crippen MR) is 236 cm³/mol. The van der Waals surface area contributed by atoms with E-state index in [1.165, 1.54) is 0 Å². The summed E-state index contributed by atoms with van der Waals surface area (Å²) in [5.74, 6) is -6.99. The number of methoxy groups -OCH3 is 1. The van der Waals surface area contributed by atoms with Crippen LogP contribution in [0, 0.1) is 0 Å². The minimum atomic E-state index is -2.09. The number of alkyl halides is 5. The van der Waals surface area contributed by atoms with Gasteiger partial charge < -0.3 is 67.2 Å². The summed E-state index contributed by atoms with van der Waals surface area (Å²) in [6, 6.07) is 9.96. The van der Waals surface area contributed by atoms with E-state index in [9.17, 15) is 60.3 Å². The highest BCUT2D eigenvalue weighted by Gasteiger charge is 2.39. The number of amides is 3. The molecule has 0 radical (unpaired) electrons. The highest BCUT2D eigenvalue weighted by molar-refractivity contribution is 5.82. The van der Waals surface area contributed by atoms with Crippen LogP contribution in [0.15, 0.2) is 60.7 Å². The zero-order valence-corrected chi connectivity index (χ0v) is 39.8. The van der Waals surface area contributed by atoms with Gasteiger partial charge in [0.2, 0.25) is 0 Å². The Labute approximate surface area is 395 Å². The number of ether oxygens (including phenoxy) is 3. The van der Waals surface area contributed by atoms with Crippen LogP contribution in [-0.2, 0) is 51.4 Å². The molecule has 2 aromatic carbocycles. The van der Waals surface area contributed by atoms with E-state index in [0.717, 1.165) is 87.5 Å². The van der Waals surface area contributed by atoms with Crippen LogP contribution in [0.2, 0.25) is 0 Å². The van der Waals surface area contributed by atoms with Crippen molar-refractivity contribution in [3.05, 3.63) is 71.8 Å². The summed E-state index contributed by atoms with van der Waals surface area (Å²) in [6.07, 6.45) is -2.91. The van der Waals surface area contributed by atoms with Gasteiger partial charge in [0.05, 0.1) is 7.11 Å². The molecule has 69 heavy (non-hydrogen) atoms. The van der Waals surface area contributed by atoms with Gasteiger partial charge in [-0.25, -0.2) is 50.7 Å². The van der Waals surface area contributed by atoms with Gasteiger partial charge in [0, 0.05) is 0 Å². The predicted octanol–water partition coefficient (Wildman–Crippen LogP) is 5.06. The van der Waals surface area contributed by atoms with Gasteiger partial charge in [-0.3, -0.25) is 9.59 Å². The molecular weight excluding hydrogens is 937 g/mol. The maximum Gasteiger partial charge on any atom is 0.408 e. The molecule has 0 aliphatic rings. The number of carbonyl (C=O) groups excluding carboxylic acids is 3. The quantitative estimate of drug-likeness (QED) is 0.0731. The number of halogens is 5. The number of carbonyl (C=O) groups is 8. The summed E-state index contributed by atoms with van der Waals surface area (Å²) in [5.41, 5.74) is 1.45. The van der Waals surface area contributed by atoms with Crippen molar-refractivity contribution in [2.75, 3.05) is 7.11 Å². The van der Waals surface area contributed by atoms with Gasteiger partial charge in [-0.1, -0.05) is 60.7 Å². The van der Waals surface area contributed by atoms with Crippen LogP contribution >= 0.6 is 0 Å². The molecular formula is C43H64F5N5O16. The minimum Gasteiger partial charge on any atom is -0.480 e. The zero-order chi connectivity index (χ0) is 54.9. The van der Waals surface area contributed by atoms with Gasteiger partial charge in [-0.15, -0.1) is 0 Å². The average molecular weight is 1000 g/mol. The molecule has 0 bridgehead atoms. The van der Waals surface area contributed by atoms with Gasteiger partial charge in [-0.05, 0) is 80.4 Å². The van der Waals surface area contributed by atoms with Gasteiger partial charge in [-0.2, -0.15) is 0 Å². The van der Waals surface area contributed by atoms with Crippen LogP contribution in [0.4, 0.5) is 36.3 Å². The Bertz CT molecular complexity index is 1820. The minimum absolute atomic E-state index is 0.00821. The lowest BCUT2D eigenvalue weighted by Crippen LogP contribution is -2.52. The van der Waals surface area contributed by atoms with Crippen LogP contribution in [0.25, 0.3) is 0 Å². The Hall–Kier alpha value is -6.83. The first-order chi connectivity index (χ1) is 31.1. The average Bonchev–Trinajstić information content (AvgIpc) is 3.21. The lowest BCUT2D eigenvalue weighted by molar-refractivity contribution is -0.144. The number of carboxylic acids is 5. The SMILES string of the molecule is CC(C)(F)C(N)C(=O)O.CC(C)(F)C(N)C(=O)O.CC(C)(F)C(NC(=O)OCc1ccccc1)C(=O)O.CC(C)(F)C(NC(=O)OCc1ccccc1)C(=O)O.COC(=O)NC(C(=O)O)C(C)(C)F. The first-order valence-corrected chi connectivity index (χ1v) is 20.0. The highest BCUT2D eigenvalue weighted by Crippen LogP contribution is 2.17. The Morgan fingerprint density at radius 2 is 0.681 bits per heavy atom. The molecule has 2 rings (SSSR count). The molecule has 0 aliphatic carbocycles. The summed E-state index contributed by atoms with van der Waals surface area (Å²) < 4.78 is 79.2. The first-order valence-electron chi connectivity index (χ1n) is 20.0. The summed E-state index contributed by atoms with van der Waals surface area (Å²) in [4.78, 5) is 85.6. The summed E-state index contributed by atoms with van der Waals surface area (Å²) >= 11 is 0. The standard InChI is InChI=1S/2C13H16FNO4.C7H12FNO4.2C5H10FNO2/c2*1-13(2,14)10(11(16)17)15-12(18)19-8-9-6-4-3-5-7-9;1-7(2,8)4(5(10)11)9-6(12)13-3;2*1-5(2,6)3(7)4(8)9/h2*3-7,10H,8H2,1-2H3,(H,15,18)(H,16,17);4H,1-3H3,(H,9,12)(H,10,11);2*3H,7H2,1-2H3,(H,8,9). The molecule has 5 atom stereocenters. The number of rotatable bonds is 17. The van der Waals surface area contributed by atoms with E-state index < -0.39 is 107 Å². The fourth-order valence-corrected chi connectivity index (χ4v) is 4.11. The van der Waals surface area contributed by atoms with Crippen molar-refractivity contribution in [3.8, 4) is 0 Å². The number of benzene rings is 2. The first kappa shape index (κ1) is 66.4. The largest absolute Gasteiger partial charge is 0.480 e. The summed E-state index contributed by atoms with van der Waals surface area (Å²) in [5, 5.41) is 48.4. The number of nitrogens with two attached hydrogens (primary N) is 2. The third kappa shape index (κ3) is 31.0. The van der Waals surface area contributed by atoms with E-state index in [0.29, 0.717) is 0 Å². The lowest BCUT2D eigenvalue weighted by Gasteiger charge is -2.23. The Morgan fingerprint density at radius 3 is 0.841 bits per heavy atom. The van der Waals surface area contributed by atoms with E-state index in [-0.39, 0.29) is 13.2 Å². The number of hydrogen-bond acceptors (Lipinski definition) is 13. The molecule has 5 unspecified atom stereocenters. The third-order valence-corrected chi connectivity index (χ3v) is 8.21. The normalized spacial score (nSPS) is 13.4. The fourth-order valence-electron chi connectivity index (χ4n) is 4.11. The molecule has 21 nitrogen and oxygen atoms in total. The molecule has 12 N–H and O–H groups in total. The maximum absolute atomic E-state index is 13.6. The summed E-state index contributed by atoms with van der Waals surface area (Å²) in [7, 11) is 1.07. The topological polar surface area (TPSA) is 354 Å². The molecule has 26 heteroatoms. The molecule has 0 heterocycles. The molecule has 0 saturated heterocycles. The number of carboxylic acid groups (broad SMARTS) is 5. The van der Waals surface area contributed by atoms with E-state index >= 15 is 0 Å². The second-order valence-corrected chi connectivity index (χ2v) is 16.8. The number of aliphatic carboxylic acids is 5. The van der Waals surface area contributed by atoms with Crippen LogP contribution in [0.3, 0.4) is 0 Å². The monoisotopic (exact) mass is 1000 g/mol. The van der Waals surface area contributed by atoms with Crippen molar-refractivity contribution < 1.29 is 100 Å². The molecule has 0 aliphatic heterocycles. The van der Waals surface area contributed by atoms with Gasteiger partial charge in [0.15, 0.2) is 18.1 Å². The van der Waals surface area contributed by atoms with Gasteiger partial charge >= 0.3 is 48.1 Å². The molecule has 2 aromatic rings. The van der Waals surface area contributed by atoms with Crippen LogP contribution < -0.4 is 27.4 Å². The molecule has 3 amide bonds. The smallest absolute Gasteiger partial charge is 0.408 e. The van der Waals surface area contributed by atoms with Crippen molar-refractivity contribution in [2.45, 2.75) is 141 Å². The third-order valence-electron chi connectivity index (χ3n) is 8.21. The molecule has 0 fully saturated rings. The molecule has 0 aromatic heterocycles. The number of hydrogen-bond donors (Lipinski definition) is 10. The summed E-state index contributed by atoms with van der Waals surface area (Å²) in [6.45, 7) is 10.9. The highest BCUT2D eigenvalue weighted by atomic mass is 19.2. The van der Waals surface area contributed by atoms with Gasteiger partial charge in [0.25, 0.3) is 0 Å². The van der Waals surface area contributed by atoms with Crippen molar-refractivity contribution in [1.82, 2.24) is 16.0 Å². The van der Waals surface area contributed by atoms with Crippen LogP contribution in [0.5, 0.6) is 0 Å². The lowest BCUT2D eigenvalue weighted by atomic mass is 10.0. The van der Waals surface area contributed by atoms with E-state index in [1.54, 1.807) is 48.5 Å². The van der Waals surface area contributed by atoms with E-state index in [2.05, 4.69) is 4.74 Å². The van der Waals surface area contributed by atoms with Gasteiger partial charge in [0.1, 0.15) is 53.6 Å². The van der Waals surface area contributed by atoms with Crippen LogP contribution in [0.1, 0.15) is 80.4 Å². The Balaban J connectivity index is -0.000000819. The van der Waals surface area contributed by atoms with Crippen molar-refractivity contribution >= 4 is 48.1 Å². The molecule has 392 valence electrons. The fraction of sp³-hybridized carbons (Fsp3) is 0.535. The van der Waals surface area contributed by atoms with Crippen molar-refractivity contribution in [2.24, 2.45) is 11.5 Å². The second-order valence-electron chi connectivity index (χ2n) is 16.8. The number of alkyl carbamates (subject to hydrolysis) is 3. The molecule has 0 spiro atoms. The van der Waals surface area contributed by atoms with E-state index in [4.69, 9.17) is 46.5 Å². The van der Waals surface area contributed by atoms with E-state index in [1.807, 2.05) is 28.1 Å². The van der Waals surface area contributed by atoms with Crippen molar-refractivity contribution in [3.63, 3.8) is 0 Å². The maximum atomic E-state index is 13.6. The second kappa shape index (κ2) is 29.8. The Morgan fingerprint density at radius 1 is 0.449 bits per heavy atom. The number of nitrogens with one attached hydrogen (secondary N) is 3. The Kier molecular flexibility index (Phi) is 28.7. The molecule has 0 saturated carbocycles. The van der Waals surface area contributed by atoms with Crippen molar-refractivity contribution in [1.29, 1.82) is 0 Å².